The van der Waals surface area contributed by atoms with Crippen molar-refractivity contribution >= 4 is 35.0 Å². The first-order chi connectivity index (χ1) is 20.4. The van der Waals surface area contributed by atoms with Crippen LogP contribution in [0.2, 0.25) is 5.02 Å². The second-order valence-electron chi connectivity index (χ2n) is 9.57. The summed E-state index contributed by atoms with van der Waals surface area (Å²) in [5.74, 6) is 0.122. The van der Waals surface area contributed by atoms with Crippen LogP contribution in [0, 0.1) is 0 Å². The normalized spacial score (nSPS) is 14.9. The van der Waals surface area contributed by atoms with Crippen LogP contribution in [0.4, 0.5) is 0 Å². The first kappa shape index (κ1) is 27.4. The standard InChI is InChI=1S/C32H25ClN4O4S/c1-19-27(31(39)41-3)29(21-11-15-25(40-2)16-12-21)37-30(38)26(42-32(37)34-19)17-22-18-36(24-7-5-4-6-8-24)35-28(22)20-9-13-23(33)14-10-20/h4-18,29H,1-3H3/b26-17-/t29-/m1/s1. The largest absolute Gasteiger partial charge is 0.497 e. The molecule has 10 heteroatoms. The molecule has 0 saturated heterocycles. The van der Waals surface area contributed by atoms with Gasteiger partial charge in [-0.2, -0.15) is 5.10 Å². The molecular weight excluding hydrogens is 572 g/mol. The molecule has 0 aliphatic carbocycles. The van der Waals surface area contributed by atoms with E-state index in [1.54, 1.807) is 35.4 Å². The van der Waals surface area contributed by atoms with Crippen LogP contribution in [-0.2, 0) is 9.53 Å². The zero-order chi connectivity index (χ0) is 29.4. The summed E-state index contributed by atoms with van der Waals surface area (Å²) in [5, 5.41) is 5.48. The first-order valence-corrected chi connectivity index (χ1v) is 14.2. The Kier molecular flexibility index (Phi) is 7.36. The van der Waals surface area contributed by atoms with Gasteiger partial charge in [0.05, 0.1) is 41.8 Å². The molecule has 0 spiro atoms. The number of hydrogen-bond acceptors (Lipinski definition) is 7. The molecule has 0 amide bonds. The van der Waals surface area contributed by atoms with Gasteiger partial charge in [-0.25, -0.2) is 14.5 Å². The molecular formula is C32H25ClN4O4S. The molecule has 2 aromatic heterocycles. The minimum atomic E-state index is -0.718. The second-order valence-corrected chi connectivity index (χ2v) is 11.0. The van der Waals surface area contributed by atoms with Gasteiger partial charge in [0, 0.05) is 22.3 Å². The summed E-state index contributed by atoms with van der Waals surface area (Å²) in [6.45, 7) is 1.75. The Bertz CT molecular complexity index is 2010. The molecule has 0 saturated carbocycles. The molecule has 0 radical (unpaired) electrons. The zero-order valence-corrected chi connectivity index (χ0v) is 24.5. The summed E-state index contributed by atoms with van der Waals surface area (Å²) in [6.07, 6.45) is 3.71. The number of hydrogen-bond donors (Lipinski definition) is 0. The lowest BCUT2D eigenvalue weighted by atomic mass is 9.96. The van der Waals surface area contributed by atoms with Gasteiger partial charge in [-0.1, -0.05) is 65.4 Å². The van der Waals surface area contributed by atoms with Crippen LogP contribution >= 0.6 is 22.9 Å². The Balaban J connectivity index is 1.56. The van der Waals surface area contributed by atoms with Crippen molar-refractivity contribution < 1.29 is 14.3 Å². The van der Waals surface area contributed by atoms with Crippen LogP contribution in [0.15, 0.2) is 106 Å². The number of rotatable bonds is 6. The number of carbonyl (C=O) groups is 1. The topological polar surface area (TPSA) is 87.7 Å². The predicted octanol–water partition coefficient (Wildman–Crippen LogP) is 4.92. The Hall–Kier alpha value is -4.73. The number of esters is 1. The second kappa shape index (κ2) is 11.3. The molecule has 1 atom stereocenters. The van der Waals surface area contributed by atoms with E-state index in [0.29, 0.717) is 37.1 Å². The van der Waals surface area contributed by atoms with Crippen LogP contribution in [-0.4, -0.2) is 34.5 Å². The van der Waals surface area contributed by atoms with Gasteiger partial charge in [0.15, 0.2) is 4.80 Å². The maximum Gasteiger partial charge on any atom is 0.338 e. The summed E-state index contributed by atoms with van der Waals surface area (Å²) in [6, 6.07) is 23.7. The van der Waals surface area contributed by atoms with Gasteiger partial charge in [0.2, 0.25) is 0 Å². The molecule has 210 valence electrons. The first-order valence-electron chi connectivity index (χ1n) is 13.0. The van der Waals surface area contributed by atoms with Crippen molar-refractivity contribution in [3.8, 4) is 22.7 Å². The molecule has 42 heavy (non-hydrogen) atoms. The number of halogens is 1. The summed E-state index contributed by atoms with van der Waals surface area (Å²) < 4.78 is 14.2. The van der Waals surface area contributed by atoms with Crippen molar-refractivity contribution in [3.63, 3.8) is 0 Å². The SMILES string of the molecule is COC(=O)C1=C(C)N=c2s/c(=C\c3cn(-c4ccccc4)nc3-c3ccc(Cl)cc3)c(=O)n2[C@@H]1c1ccc(OC)cc1. The Morgan fingerprint density at radius 3 is 2.38 bits per heavy atom. The van der Waals surface area contributed by atoms with Crippen molar-refractivity contribution in [2.45, 2.75) is 13.0 Å². The maximum absolute atomic E-state index is 14.1. The molecule has 0 bridgehead atoms. The van der Waals surface area contributed by atoms with Crippen molar-refractivity contribution in [2.24, 2.45) is 4.99 Å². The highest BCUT2D eigenvalue weighted by Gasteiger charge is 2.33. The van der Waals surface area contributed by atoms with Crippen molar-refractivity contribution in [2.75, 3.05) is 14.2 Å². The number of nitrogens with zero attached hydrogens (tertiary/aromatic N) is 4. The van der Waals surface area contributed by atoms with E-state index < -0.39 is 12.0 Å². The predicted molar refractivity (Wildman–Crippen MR) is 163 cm³/mol. The van der Waals surface area contributed by atoms with E-state index in [0.717, 1.165) is 22.4 Å². The number of methoxy groups -OCH3 is 2. The fraction of sp³-hybridized carbons (Fsp3) is 0.125. The van der Waals surface area contributed by atoms with Crippen LogP contribution in [0.5, 0.6) is 5.75 Å². The van der Waals surface area contributed by atoms with Gasteiger partial charge < -0.3 is 9.47 Å². The molecule has 6 rings (SSSR count). The number of thiazole rings is 1. The summed E-state index contributed by atoms with van der Waals surface area (Å²) in [4.78, 5) is 32.2. The van der Waals surface area contributed by atoms with Crippen LogP contribution in [0.1, 0.15) is 24.1 Å². The molecule has 0 N–H and O–H groups in total. The van der Waals surface area contributed by atoms with E-state index in [2.05, 4.69) is 4.99 Å². The molecule has 3 aromatic carbocycles. The fourth-order valence-electron chi connectivity index (χ4n) is 4.97. The molecule has 0 unspecified atom stereocenters. The van der Waals surface area contributed by atoms with Crippen LogP contribution in [0.25, 0.3) is 23.0 Å². The van der Waals surface area contributed by atoms with Gasteiger partial charge in [0.1, 0.15) is 11.4 Å². The van der Waals surface area contributed by atoms with Gasteiger partial charge in [-0.15, -0.1) is 0 Å². The quantitative estimate of drug-likeness (QED) is 0.260. The van der Waals surface area contributed by atoms with E-state index in [9.17, 15) is 9.59 Å². The molecule has 3 heterocycles. The third-order valence-corrected chi connectivity index (χ3v) is 8.26. The number of fused-ring (bicyclic) bond motifs is 1. The zero-order valence-electron chi connectivity index (χ0n) is 22.9. The van der Waals surface area contributed by atoms with Gasteiger partial charge in [-0.05, 0) is 55.0 Å². The highest BCUT2D eigenvalue weighted by molar-refractivity contribution is 7.07. The van der Waals surface area contributed by atoms with Crippen molar-refractivity contribution in [1.29, 1.82) is 0 Å². The van der Waals surface area contributed by atoms with E-state index in [4.69, 9.17) is 26.2 Å². The minimum Gasteiger partial charge on any atom is -0.497 e. The monoisotopic (exact) mass is 596 g/mol. The number of allylic oxidation sites excluding steroid dienone is 1. The minimum absolute atomic E-state index is 0.275. The van der Waals surface area contributed by atoms with E-state index in [1.165, 1.54) is 18.4 Å². The number of benzene rings is 3. The molecule has 5 aromatic rings. The van der Waals surface area contributed by atoms with E-state index in [1.807, 2.05) is 79.0 Å². The van der Waals surface area contributed by atoms with Crippen molar-refractivity contribution in [1.82, 2.24) is 14.3 Å². The third-order valence-electron chi connectivity index (χ3n) is 7.03. The number of carbonyl (C=O) groups excluding carboxylic acids is 1. The third kappa shape index (κ3) is 4.97. The number of para-hydroxylation sites is 1. The summed E-state index contributed by atoms with van der Waals surface area (Å²) in [7, 11) is 2.90. The highest BCUT2D eigenvalue weighted by Crippen LogP contribution is 2.32. The molecule has 8 nitrogen and oxygen atoms in total. The van der Waals surface area contributed by atoms with Gasteiger partial charge in [-0.3, -0.25) is 9.36 Å². The smallest absolute Gasteiger partial charge is 0.338 e. The van der Waals surface area contributed by atoms with Crippen molar-refractivity contribution in [3.05, 3.63) is 132 Å². The lowest BCUT2D eigenvalue weighted by molar-refractivity contribution is -0.136. The molecule has 0 fully saturated rings. The Labute approximate surface area is 250 Å². The fourth-order valence-corrected chi connectivity index (χ4v) is 6.14. The maximum atomic E-state index is 14.1. The van der Waals surface area contributed by atoms with Crippen LogP contribution in [0.3, 0.4) is 0 Å². The van der Waals surface area contributed by atoms with Gasteiger partial charge in [0.25, 0.3) is 5.56 Å². The summed E-state index contributed by atoms with van der Waals surface area (Å²) >= 11 is 7.41. The number of ether oxygens (including phenoxy) is 2. The number of aromatic nitrogens is 3. The Morgan fingerprint density at radius 2 is 1.71 bits per heavy atom. The van der Waals surface area contributed by atoms with Gasteiger partial charge >= 0.3 is 5.97 Å². The average molecular weight is 597 g/mol. The van der Waals surface area contributed by atoms with E-state index >= 15 is 0 Å². The Morgan fingerprint density at radius 1 is 1.00 bits per heavy atom. The highest BCUT2D eigenvalue weighted by atomic mass is 35.5. The molecule has 1 aliphatic rings. The summed E-state index contributed by atoms with van der Waals surface area (Å²) in [5.41, 5.74) is 4.44. The lowest BCUT2D eigenvalue weighted by Crippen LogP contribution is -2.39. The van der Waals surface area contributed by atoms with E-state index in [-0.39, 0.29) is 5.56 Å². The lowest BCUT2D eigenvalue weighted by Gasteiger charge is -2.24. The average Bonchev–Trinajstić information content (AvgIpc) is 3.57. The molecule has 1 aliphatic heterocycles. The van der Waals surface area contributed by atoms with Crippen LogP contribution < -0.4 is 19.6 Å².